The third-order valence-corrected chi connectivity index (χ3v) is 3.36. The van der Waals surface area contributed by atoms with E-state index in [9.17, 15) is 8.42 Å². The van der Waals surface area contributed by atoms with Gasteiger partial charge in [-0.2, -0.15) is 0 Å². The molecule has 14 heavy (non-hydrogen) atoms. The molecule has 5 nitrogen and oxygen atoms in total. The van der Waals surface area contributed by atoms with Gasteiger partial charge in [0.1, 0.15) is 0 Å². The first-order valence-electron chi connectivity index (χ1n) is 3.83. The van der Waals surface area contributed by atoms with Gasteiger partial charge in [-0.25, -0.2) is 8.42 Å². The van der Waals surface area contributed by atoms with E-state index in [2.05, 4.69) is 0 Å². The summed E-state index contributed by atoms with van der Waals surface area (Å²) in [6.07, 6.45) is 0. The Morgan fingerprint density at radius 1 is 1.14 bits per heavy atom. The van der Waals surface area contributed by atoms with E-state index in [4.69, 9.17) is 15.3 Å². The fourth-order valence-electron chi connectivity index (χ4n) is 0.935. The van der Waals surface area contributed by atoms with Crippen LogP contribution in [0.2, 0.25) is 0 Å². The fourth-order valence-corrected chi connectivity index (χ4v) is 1.98. The van der Waals surface area contributed by atoms with Crippen molar-refractivity contribution < 1.29 is 23.7 Å². The highest BCUT2D eigenvalue weighted by Crippen LogP contribution is 2.27. The lowest BCUT2D eigenvalue weighted by Crippen LogP contribution is -2.09. The number of aromatic hydroxyl groups is 2. The number of benzene rings is 1. The van der Waals surface area contributed by atoms with E-state index in [0.717, 1.165) is 12.1 Å². The highest BCUT2D eigenvalue weighted by Gasteiger charge is 2.15. The van der Waals surface area contributed by atoms with Crippen LogP contribution in [0.15, 0.2) is 23.1 Å². The van der Waals surface area contributed by atoms with Gasteiger partial charge in [-0.3, -0.25) is 0 Å². The minimum absolute atomic E-state index is 0.123. The van der Waals surface area contributed by atoms with Crippen molar-refractivity contribution in [3.63, 3.8) is 0 Å². The van der Waals surface area contributed by atoms with Crippen molar-refractivity contribution >= 4 is 9.84 Å². The van der Waals surface area contributed by atoms with E-state index in [1.165, 1.54) is 6.07 Å². The summed E-state index contributed by atoms with van der Waals surface area (Å²) in [5.74, 6) is -1.28. The van der Waals surface area contributed by atoms with Crippen molar-refractivity contribution in [3.8, 4) is 11.5 Å². The third-order valence-electron chi connectivity index (χ3n) is 1.67. The van der Waals surface area contributed by atoms with E-state index in [-0.39, 0.29) is 10.6 Å². The average molecular weight is 218 g/mol. The highest BCUT2D eigenvalue weighted by molar-refractivity contribution is 7.91. The molecule has 0 unspecified atom stereocenters. The first-order chi connectivity index (χ1) is 6.47. The Labute approximate surface area is 81.2 Å². The van der Waals surface area contributed by atoms with Crippen LogP contribution in [0.1, 0.15) is 0 Å². The van der Waals surface area contributed by atoms with Crippen molar-refractivity contribution in [2.45, 2.75) is 4.90 Å². The van der Waals surface area contributed by atoms with Crippen molar-refractivity contribution in [2.24, 2.45) is 0 Å². The summed E-state index contributed by atoms with van der Waals surface area (Å²) in [5.41, 5.74) is 0. The van der Waals surface area contributed by atoms with Crippen LogP contribution in [0.25, 0.3) is 0 Å². The number of hydrogen-bond donors (Lipinski definition) is 3. The molecule has 1 aromatic carbocycles. The average Bonchev–Trinajstić information content (AvgIpc) is 2.09. The van der Waals surface area contributed by atoms with Gasteiger partial charge in [-0.05, 0) is 12.1 Å². The summed E-state index contributed by atoms with van der Waals surface area (Å²) in [6, 6.07) is 3.19. The molecular formula is C8H10O5S. The van der Waals surface area contributed by atoms with Crippen LogP contribution in [0.3, 0.4) is 0 Å². The summed E-state index contributed by atoms with van der Waals surface area (Å²) >= 11 is 0. The zero-order valence-electron chi connectivity index (χ0n) is 7.21. The van der Waals surface area contributed by atoms with Crippen LogP contribution in [0.4, 0.5) is 0 Å². The molecule has 3 N–H and O–H groups in total. The molecule has 78 valence electrons. The quantitative estimate of drug-likeness (QED) is 0.614. The Morgan fingerprint density at radius 2 is 1.79 bits per heavy atom. The maximum atomic E-state index is 11.3. The van der Waals surface area contributed by atoms with E-state index >= 15 is 0 Å². The molecule has 1 aromatic rings. The Bertz CT molecular complexity index is 423. The van der Waals surface area contributed by atoms with Gasteiger partial charge in [0.05, 0.1) is 17.3 Å². The minimum Gasteiger partial charge on any atom is -0.504 e. The zero-order valence-corrected chi connectivity index (χ0v) is 8.03. The number of hydrogen-bond acceptors (Lipinski definition) is 5. The lowest BCUT2D eigenvalue weighted by Gasteiger charge is -2.03. The second-order valence-electron chi connectivity index (χ2n) is 2.69. The largest absolute Gasteiger partial charge is 0.504 e. The third kappa shape index (κ3) is 2.15. The van der Waals surface area contributed by atoms with Gasteiger partial charge in [0.25, 0.3) is 0 Å². The molecule has 0 aliphatic rings. The molecular weight excluding hydrogens is 208 g/mol. The van der Waals surface area contributed by atoms with Crippen LogP contribution in [-0.4, -0.2) is 36.1 Å². The van der Waals surface area contributed by atoms with Gasteiger partial charge in [0.2, 0.25) is 0 Å². The van der Waals surface area contributed by atoms with Crippen molar-refractivity contribution in [1.29, 1.82) is 0 Å². The van der Waals surface area contributed by atoms with Crippen LogP contribution >= 0.6 is 0 Å². The summed E-state index contributed by atoms with van der Waals surface area (Å²) in [6.45, 7) is -0.482. The molecule has 0 atom stereocenters. The molecule has 0 spiro atoms. The van der Waals surface area contributed by atoms with E-state index in [0.29, 0.717) is 0 Å². The maximum Gasteiger partial charge on any atom is 0.180 e. The number of aliphatic hydroxyl groups is 1. The Morgan fingerprint density at radius 3 is 2.29 bits per heavy atom. The smallest absolute Gasteiger partial charge is 0.180 e. The topological polar surface area (TPSA) is 94.8 Å². The highest BCUT2D eigenvalue weighted by atomic mass is 32.2. The molecule has 0 aliphatic carbocycles. The van der Waals surface area contributed by atoms with E-state index in [1.807, 2.05) is 0 Å². The van der Waals surface area contributed by atoms with Crippen LogP contribution in [0, 0.1) is 0 Å². The number of phenols is 2. The van der Waals surface area contributed by atoms with Gasteiger partial charge < -0.3 is 15.3 Å². The maximum absolute atomic E-state index is 11.3. The number of sulfone groups is 1. The molecule has 0 heterocycles. The molecule has 0 fully saturated rings. The lowest BCUT2D eigenvalue weighted by atomic mass is 10.3. The molecule has 0 amide bonds. The van der Waals surface area contributed by atoms with Gasteiger partial charge in [-0.1, -0.05) is 0 Å². The molecule has 0 bridgehead atoms. The number of phenolic OH excluding ortho intramolecular Hbond substituents is 2. The SMILES string of the molecule is O=S(=O)(CCO)c1ccc(O)c(O)c1. The number of rotatable bonds is 3. The Kier molecular flexibility index (Phi) is 2.97. The van der Waals surface area contributed by atoms with Crippen LogP contribution in [-0.2, 0) is 9.84 Å². The van der Waals surface area contributed by atoms with Crippen LogP contribution < -0.4 is 0 Å². The predicted molar refractivity (Wildman–Crippen MR) is 48.9 cm³/mol. The number of aliphatic hydroxyl groups excluding tert-OH is 1. The molecule has 0 aliphatic heterocycles. The minimum atomic E-state index is -3.57. The summed E-state index contributed by atoms with van der Waals surface area (Å²) in [7, 11) is -3.57. The van der Waals surface area contributed by atoms with Gasteiger partial charge in [0.15, 0.2) is 21.3 Å². The standard InChI is InChI=1S/C8H10O5S/c9-3-4-14(12,13)6-1-2-7(10)8(11)5-6/h1-2,5,9-11H,3-4H2. The van der Waals surface area contributed by atoms with Gasteiger partial charge >= 0.3 is 0 Å². The molecule has 0 saturated carbocycles. The van der Waals surface area contributed by atoms with E-state index in [1.54, 1.807) is 0 Å². The summed E-state index contributed by atoms with van der Waals surface area (Å²) in [4.78, 5) is -0.123. The van der Waals surface area contributed by atoms with Crippen LogP contribution in [0.5, 0.6) is 11.5 Å². The van der Waals surface area contributed by atoms with Gasteiger partial charge in [-0.15, -0.1) is 0 Å². The Balaban J connectivity index is 3.15. The molecule has 1 rings (SSSR count). The van der Waals surface area contributed by atoms with E-state index < -0.39 is 27.9 Å². The lowest BCUT2D eigenvalue weighted by molar-refractivity contribution is 0.319. The first-order valence-corrected chi connectivity index (χ1v) is 5.48. The monoisotopic (exact) mass is 218 g/mol. The second-order valence-corrected chi connectivity index (χ2v) is 4.80. The summed E-state index contributed by atoms with van der Waals surface area (Å²) < 4.78 is 22.7. The molecule has 6 heteroatoms. The normalized spacial score (nSPS) is 11.5. The summed E-state index contributed by atoms with van der Waals surface area (Å²) in [5, 5.41) is 26.5. The molecule has 0 saturated heterocycles. The fraction of sp³-hybridized carbons (Fsp3) is 0.250. The molecule has 0 radical (unpaired) electrons. The second kappa shape index (κ2) is 3.85. The molecule has 0 aromatic heterocycles. The van der Waals surface area contributed by atoms with Gasteiger partial charge in [0, 0.05) is 6.07 Å². The van der Waals surface area contributed by atoms with Crippen molar-refractivity contribution in [1.82, 2.24) is 0 Å². The predicted octanol–water partition coefficient (Wildman–Crippen LogP) is -0.136. The Hall–Kier alpha value is -1.27. The van der Waals surface area contributed by atoms with Crippen molar-refractivity contribution in [2.75, 3.05) is 12.4 Å². The van der Waals surface area contributed by atoms with Crippen molar-refractivity contribution in [3.05, 3.63) is 18.2 Å². The zero-order chi connectivity index (χ0) is 10.8. The first kappa shape index (κ1) is 10.8.